The molecule has 2 aromatic rings. The Hall–Kier alpha value is -2.62. The molecule has 0 aromatic heterocycles. The quantitative estimate of drug-likeness (QED) is 0.841. The van der Waals surface area contributed by atoms with Crippen LogP contribution in [0.15, 0.2) is 54.7 Å². The second kappa shape index (κ2) is 7.41. The summed E-state index contributed by atoms with van der Waals surface area (Å²) in [5, 5.41) is 5.46. The van der Waals surface area contributed by atoms with E-state index in [1.54, 1.807) is 18.2 Å². The molecule has 0 radical (unpaired) electrons. The van der Waals surface area contributed by atoms with Gasteiger partial charge in [0.2, 0.25) is 0 Å². The van der Waals surface area contributed by atoms with Gasteiger partial charge in [0.15, 0.2) is 0 Å². The number of hydrogen-bond donors (Lipinski definition) is 2. The summed E-state index contributed by atoms with van der Waals surface area (Å²) >= 11 is 0. The van der Waals surface area contributed by atoms with Gasteiger partial charge in [0.25, 0.3) is 0 Å². The number of hydrogen-bond acceptors (Lipinski definition) is 1. The molecule has 2 N–H and O–H groups in total. The number of rotatable bonds is 4. The fourth-order valence-corrected chi connectivity index (χ4v) is 2.06. The smallest absolute Gasteiger partial charge is 0.314 e. The molecule has 0 bridgehead atoms. The predicted octanol–water partition coefficient (Wildman–Crippen LogP) is 4.74. The van der Waals surface area contributed by atoms with Crippen molar-refractivity contribution >= 4 is 17.8 Å². The maximum Gasteiger partial charge on any atom is 0.323 e. The zero-order chi connectivity index (χ0) is 15.9. The molecular weight excluding hydrogens is 279 g/mol. The third kappa shape index (κ3) is 4.45. The van der Waals surface area contributed by atoms with E-state index in [4.69, 9.17) is 0 Å². The Labute approximate surface area is 129 Å². The minimum atomic E-state index is -0.313. The molecule has 3 nitrogen and oxygen atoms in total. The van der Waals surface area contributed by atoms with Gasteiger partial charge in [-0.2, -0.15) is 0 Å². The number of nitrogens with one attached hydrogen (secondary N) is 2. The first-order valence-electron chi connectivity index (χ1n) is 7.15. The molecule has 0 saturated heterocycles. The lowest BCUT2D eigenvalue weighted by atomic mass is 10.0. The molecule has 0 aliphatic rings. The number of carbonyl (C=O) groups is 1. The molecule has 2 amide bonds. The van der Waals surface area contributed by atoms with Crippen molar-refractivity contribution in [3.05, 3.63) is 71.7 Å². The molecular formula is C18H19FN2O. The number of halogens is 1. The van der Waals surface area contributed by atoms with E-state index in [0.717, 1.165) is 16.8 Å². The molecule has 0 heterocycles. The molecule has 22 heavy (non-hydrogen) atoms. The van der Waals surface area contributed by atoms with Crippen LogP contribution in [0.5, 0.6) is 0 Å². The molecule has 0 aliphatic heterocycles. The summed E-state index contributed by atoms with van der Waals surface area (Å²) in [4.78, 5) is 11.9. The second-order valence-corrected chi connectivity index (χ2v) is 5.23. The van der Waals surface area contributed by atoms with E-state index in [0.29, 0.717) is 5.92 Å². The minimum Gasteiger partial charge on any atom is -0.314 e. The highest BCUT2D eigenvalue weighted by atomic mass is 19.1. The van der Waals surface area contributed by atoms with Crippen molar-refractivity contribution in [2.75, 3.05) is 5.32 Å². The van der Waals surface area contributed by atoms with Gasteiger partial charge in [-0.05, 0) is 41.3 Å². The van der Waals surface area contributed by atoms with E-state index in [1.165, 1.54) is 18.3 Å². The van der Waals surface area contributed by atoms with Gasteiger partial charge in [-0.3, -0.25) is 0 Å². The first kappa shape index (κ1) is 15.8. The van der Waals surface area contributed by atoms with Crippen LogP contribution in [-0.4, -0.2) is 6.03 Å². The Morgan fingerprint density at radius 1 is 1.09 bits per heavy atom. The average molecular weight is 298 g/mol. The van der Waals surface area contributed by atoms with Crippen LogP contribution >= 0.6 is 0 Å². The number of anilines is 1. The van der Waals surface area contributed by atoms with Crippen LogP contribution in [0.25, 0.3) is 6.08 Å². The number of amides is 2. The molecule has 2 aromatic carbocycles. The fraction of sp³-hybridized carbons (Fsp3) is 0.167. The van der Waals surface area contributed by atoms with Gasteiger partial charge in [0.1, 0.15) is 5.82 Å². The molecule has 0 saturated carbocycles. The van der Waals surface area contributed by atoms with Crippen LogP contribution in [0.4, 0.5) is 14.9 Å². The van der Waals surface area contributed by atoms with Crippen molar-refractivity contribution < 1.29 is 9.18 Å². The van der Waals surface area contributed by atoms with E-state index in [2.05, 4.69) is 24.5 Å². The summed E-state index contributed by atoms with van der Waals surface area (Å²) in [5.41, 5.74) is 2.69. The third-order valence-electron chi connectivity index (χ3n) is 3.19. The molecule has 4 heteroatoms. The van der Waals surface area contributed by atoms with Crippen molar-refractivity contribution in [2.45, 2.75) is 19.8 Å². The average Bonchev–Trinajstić information content (AvgIpc) is 2.49. The number of urea groups is 1. The Kier molecular flexibility index (Phi) is 5.31. The van der Waals surface area contributed by atoms with Gasteiger partial charge >= 0.3 is 6.03 Å². The monoisotopic (exact) mass is 298 g/mol. The Morgan fingerprint density at radius 3 is 2.45 bits per heavy atom. The van der Waals surface area contributed by atoms with Crippen LogP contribution in [0, 0.1) is 5.82 Å². The Bertz CT molecular complexity index is 663. The van der Waals surface area contributed by atoms with Crippen LogP contribution in [0.2, 0.25) is 0 Å². The summed E-state index contributed by atoms with van der Waals surface area (Å²) in [6, 6.07) is 13.4. The standard InChI is InChI=1S/C18H19FN2O/c1-13(2)16-5-3-4-6-17(16)21-18(22)20-12-11-14-7-9-15(19)10-8-14/h3-13H,1-2H3,(H2,20,21,22)/b12-11+. The normalized spacial score (nSPS) is 10.9. The molecule has 0 spiro atoms. The summed E-state index contributed by atoms with van der Waals surface area (Å²) in [7, 11) is 0. The zero-order valence-electron chi connectivity index (χ0n) is 12.6. The number of carbonyl (C=O) groups excluding carboxylic acids is 1. The number of para-hydroxylation sites is 1. The number of benzene rings is 2. The largest absolute Gasteiger partial charge is 0.323 e. The van der Waals surface area contributed by atoms with Crippen molar-refractivity contribution in [1.29, 1.82) is 0 Å². The van der Waals surface area contributed by atoms with E-state index in [9.17, 15) is 9.18 Å². The lowest BCUT2D eigenvalue weighted by molar-refractivity contribution is 0.255. The highest BCUT2D eigenvalue weighted by Gasteiger charge is 2.07. The van der Waals surface area contributed by atoms with E-state index in [1.807, 2.05) is 24.3 Å². The molecule has 2 rings (SSSR count). The highest BCUT2D eigenvalue weighted by molar-refractivity contribution is 5.91. The van der Waals surface area contributed by atoms with Gasteiger partial charge in [-0.15, -0.1) is 0 Å². The molecule has 0 unspecified atom stereocenters. The van der Waals surface area contributed by atoms with Gasteiger partial charge in [-0.1, -0.05) is 44.2 Å². The summed E-state index contributed by atoms with van der Waals surface area (Å²) < 4.78 is 12.8. The van der Waals surface area contributed by atoms with Crippen molar-refractivity contribution in [2.24, 2.45) is 0 Å². The van der Waals surface area contributed by atoms with Crippen molar-refractivity contribution in [1.82, 2.24) is 5.32 Å². The molecule has 0 aliphatic carbocycles. The van der Waals surface area contributed by atoms with E-state index < -0.39 is 0 Å². The molecule has 0 fully saturated rings. The van der Waals surface area contributed by atoms with E-state index >= 15 is 0 Å². The third-order valence-corrected chi connectivity index (χ3v) is 3.19. The first-order chi connectivity index (χ1) is 10.6. The van der Waals surface area contributed by atoms with E-state index in [-0.39, 0.29) is 11.8 Å². The minimum absolute atomic E-state index is 0.284. The fourth-order valence-electron chi connectivity index (χ4n) is 2.06. The van der Waals surface area contributed by atoms with Crippen molar-refractivity contribution in [3.63, 3.8) is 0 Å². The maximum atomic E-state index is 12.8. The topological polar surface area (TPSA) is 41.1 Å². The van der Waals surface area contributed by atoms with Crippen LogP contribution in [0.1, 0.15) is 30.9 Å². The van der Waals surface area contributed by atoms with Crippen LogP contribution in [0.3, 0.4) is 0 Å². The predicted molar refractivity (Wildman–Crippen MR) is 88.1 cm³/mol. The lowest BCUT2D eigenvalue weighted by Crippen LogP contribution is -2.24. The van der Waals surface area contributed by atoms with Crippen LogP contribution in [-0.2, 0) is 0 Å². The lowest BCUT2D eigenvalue weighted by Gasteiger charge is -2.13. The second-order valence-electron chi connectivity index (χ2n) is 5.23. The Morgan fingerprint density at radius 2 is 1.77 bits per heavy atom. The maximum absolute atomic E-state index is 12.8. The highest BCUT2D eigenvalue weighted by Crippen LogP contribution is 2.23. The zero-order valence-corrected chi connectivity index (χ0v) is 12.6. The SMILES string of the molecule is CC(C)c1ccccc1NC(=O)N/C=C/c1ccc(F)cc1. The van der Waals surface area contributed by atoms with Gasteiger partial charge < -0.3 is 10.6 Å². The van der Waals surface area contributed by atoms with Crippen LogP contribution < -0.4 is 10.6 Å². The molecule has 0 atom stereocenters. The summed E-state index contributed by atoms with van der Waals surface area (Å²) in [6.45, 7) is 4.15. The summed E-state index contributed by atoms with van der Waals surface area (Å²) in [6.07, 6.45) is 3.23. The molecule has 114 valence electrons. The Balaban J connectivity index is 1.95. The van der Waals surface area contributed by atoms with Gasteiger partial charge in [-0.25, -0.2) is 9.18 Å². The summed E-state index contributed by atoms with van der Waals surface area (Å²) in [5.74, 6) is 0.0411. The van der Waals surface area contributed by atoms with Gasteiger partial charge in [0.05, 0.1) is 0 Å². The van der Waals surface area contributed by atoms with Gasteiger partial charge in [0, 0.05) is 11.9 Å². The first-order valence-corrected chi connectivity index (χ1v) is 7.15. The van der Waals surface area contributed by atoms with Crippen molar-refractivity contribution in [3.8, 4) is 0 Å².